The molecule has 1 amide bonds. The van der Waals surface area contributed by atoms with Crippen molar-refractivity contribution in [2.45, 2.75) is 31.8 Å². The van der Waals surface area contributed by atoms with Gasteiger partial charge in [-0.1, -0.05) is 6.07 Å². The van der Waals surface area contributed by atoms with Crippen LogP contribution >= 0.6 is 0 Å². The summed E-state index contributed by atoms with van der Waals surface area (Å²) >= 11 is 0. The van der Waals surface area contributed by atoms with Gasteiger partial charge in [0.25, 0.3) is 5.91 Å². The van der Waals surface area contributed by atoms with E-state index in [1.165, 1.54) is 25.4 Å². The summed E-state index contributed by atoms with van der Waals surface area (Å²) in [6.07, 6.45) is 4.12. The van der Waals surface area contributed by atoms with Crippen LogP contribution in [-0.4, -0.2) is 33.9 Å². The first kappa shape index (κ1) is 16.9. The third kappa shape index (κ3) is 3.33. The van der Waals surface area contributed by atoms with Crippen LogP contribution in [0.25, 0.3) is 0 Å². The lowest BCUT2D eigenvalue weighted by Gasteiger charge is -2.17. The number of methoxy groups -OCH3 is 1. The van der Waals surface area contributed by atoms with Crippen LogP contribution in [0.2, 0.25) is 0 Å². The maximum Gasteiger partial charge on any atom is 0.330 e. The summed E-state index contributed by atoms with van der Waals surface area (Å²) in [4.78, 5) is 24.1. The van der Waals surface area contributed by atoms with Gasteiger partial charge < -0.3 is 15.2 Å². The van der Waals surface area contributed by atoms with E-state index in [2.05, 4.69) is 10.4 Å². The second-order valence-corrected chi connectivity index (χ2v) is 5.82. The molecule has 0 saturated carbocycles. The largest absolute Gasteiger partial charge is 0.494 e. The minimum absolute atomic E-state index is 0.00456. The standard InChI is InChI=1S/C17H18FN3O4/c1-25-14-6-5-10(8-12(14)18)15(17(23)24)20-16(22)11-9-19-21-7-3-2-4-13(11)21/h5-6,8-9,15H,2-4,7H2,1H3,(H,20,22)(H,23,24). The molecule has 3 rings (SSSR count). The number of carbonyl (C=O) groups is 2. The maximum absolute atomic E-state index is 13.9. The van der Waals surface area contributed by atoms with Gasteiger partial charge in [0.05, 0.1) is 24.6 Å². The maximum atomic E-state index is 13.9. The molecule has 25 heavy (non-hydrogen) atoms. The molecule has 1 aromatic heterocycles. The van der Waals surface area contributed by atoms with Crippen LogP contribution in [0, 0.1) is 5.82 Å². The van der Waals surface area contributed by atoms with Crippen LogP contribution in [0.4, 0.5) is 4.39 Å². The number of aliphatic carboxylic acids is 1. The number of ether oxygens (including phenoxy) is 1. The quantitative estimate of drug-likeness (QED) is 0.862. The first-order chi connectivity index (χ1) is 12.0. The van der Waals surface area contributed by atoms with Gasteiger partial charge in [0.2, 0.25) is 0 Å². The van der Waals surface area contributed by atoms with E-state index in [1.807, 2.05) is 0 Å². The zero-order chi connectivity index (χ0) is 18.0. The Hall–Kier alpha value is -2.90. The first-order valence-electron chi connectivity index (χ1n) is 7.93. The molecule has 1 aliphatic heterocycles. The van der Waals surface area contributed by atoms with Gasteiger partial charge in [-0.05, 0) is 37.0 Å². The van der Waals surface area contributed by atoms with Crippen molar-refractivity contribution >= 4 is 11.9 Å². The summed E-state index contributed by atoms with van der Waals surface area (Å²) in [7, 11) is 1.32. The fourth-order valence-electron chi connectivity index (χ4n) is 2.97. The van der Waals surface area contributed by atoms with Gasteiger partial charge in [-0.3, -0.25) is 9.48 Å². The molecule has 0 saturated heterocycles. The van der Waals surface area contributed by atoms with Crippen LogP contribution in [-0.2, 0) is 17.8 Å². The Morgan fingerprint density at radius 3 is 2.88 bits per heavy atom. The molecule has 1 aromatic carbocycles. The summed E-state index contributed by atoms with van der Waals surface area (Å²) in [6.45, 7) is 0.745. The Kier molecular flexibility index (Phi) is 4.69. The number of hydrogen-bond donors (Lipinski definition) is 2. The number of hydrogen-bond acceptors (Lipinski definition) is 4. The Morgan fingerprint density at radius 2 is 2.20 bits per heavy atom. The molecular weight excluding hydrogens is 329 g/mol. The Balaban J connectivity index is 1.85. The Labute approximate surface area is 143 Å². The zero-order valence-electron chi connectivity index (χ0n) is 13.7. The summed E-state index contributed by atoms with van der Waals surface area (Å²) in [5.74, 6) is -2.50. The molecule has 0 aliphatic carbocycles. The van der Waals surface area contributed by atoms with Crippen molar-refractivity contribution in [3.05, 3.63) is 47.0 Å². The van der Waals surface area contributed by atoms with Crippen LogP contribution in [0.5, 0.6) is 5.75 Å². The first-order valence-corrected chi connectivity index (χ1v) is 7.93. The van der Waals surface area contributed by atoms with E-state index >= 15 is 0 Å². The summed E-state index contributed by atoms with van der Waals surface area (Å²) < 4.78 is 20.5. The number of carboxylic acid groups (broad SMARTS) is 1. The van der Waals surface area contributed by atoms with Crippen LogP contribution in [0.15, 0.2) is 24.4 Å². The van der Waals surface area contributed by atoms with Crippen LogP contribution in [0.3, 0.4) is 0 Å². The number of halogens is 1. The van der Waals surface area contributed by atoms with Gasteiger partial charge in [-0.2, -0.15) is 5.10 Å². The molecule has 2 aromatic rings. The van der Waals surface area contributed by atoms with Gasteiger partial charge in [0, 0.05) is 6.54 Å². The lowest BCUT2D eigenvalue weighted by molar-refractivity contribution is -0.139. The summed E-state index contributed by atoms with van der Waals surface area (Å²) in [5.41, 5.74) is 1.29. The van der Waals surface area contributed by atoms with E-state index < -0.39 is 23.7 Å². The van der Waals surface area contributed by atoms with E-state index in [9.17, 15) is 19.1 Å². The molecular formula is C17H18FN3O4. The highest BCUT2D eigenvalue weighted by Crippen LogP contribution is 2.23. The van der Waals surface area contributed by atoms with Gasteiger partial charge in [0.15, 0.2) is 17.6 Å². The number of aryl methyl sites for hydroxylation is 1. The fraction of sp³-hybridized carbons (Fsp3) is 0.353. The predicted octanol–water partition coefficient (Wildman–Crippen LogP) is 1.92. The number of fused-ring (bicyclic) bond motifs is 1. The molecule has 1 aliphatic rings. The van der Waals surface area contributed by atoms with Gasteiger partial charge in [-0.15, -0.1) is 0 Å². The highest BCUT2D eigenvalue weighted by atomic mass is 19.1. The smallest absolute Gasteiger partial charge is 0.330 e. The van der Waals surface area contributed by atoms with Gasteiger partial charge in [0.1, 0.15) is 0 Å². The lowest BCUT2D eigenvalue weighted by atomic mass is 10.0. The van der Waals surface area contributed by atoms with Crippen molar-refractivity contribution in [1.29, 1.82) is 0 Å². The van der Waals surface area contributed by atoms with Crippen LogP contribution in [0.1, 0.15) is 40.5 Å². The summed E-state index contributed by atoms with van der Waals surface area (Å²) in [5, 5.41) is 16.1. The predicted molar refractivity (Wildman–Crippen MR) is 86.0 cm³/mol. The Bertz CT molecular complexity index is 818. The zero-order valence-corrected chi connectivity index (χ0v) is 13.7. The SMILES string of the molecule is COc1ccc(C(NC(=O)c2cnn3c2CCCC3)C(=O)O)cc1F. The highest BCUT2D eigenvalue weighted by Gasteiger charge is 2.27. The number of nitrogens with one attached hydrogen (secondary N) is 1. The van der Waals surface area contributed by atoms with Gasteiger partial charge >= 0.3 is 5.97 Å². The number of carbonyl (C=O) groups excluding carboxylic acids is 1. The number of rotatable bonds is 5. The average Bonchev–Trinajstić information content (AvgIpc) is 3.03. The second-order valence-electron chi connectivity index (χ2n) is 5.82. The molecule has 1 unspecified atom stereocenters. The molecule has 7 nitrogen and oxygen atoms in total. The minimum Gasteiger partial charge on any atom is -0.494 e. The van der Waals surface area contributed by atoms with E-state index in [-0.39, 0.29) is 11.3 Å². The van der Waals surface area contributed by atoms with E-state index in [0.29, 0.717) is 5.56 Å². The third-order valence-electron chi connectivity index (χ3n) is 4.26. The molecule has 132 valence electrons. The number of aromatic nitrogens is 2. The molecule has 2 N–H and O–H groups in total. The van der Waals surface area contributed by atoms with Gasteiger partial charge in [-0.25, -0.2) is 9.18 Å². The monoisotopic (exact) mass is 347 g/mol. The molecule has 0 spiro atoms. The number of nitrogens with zero attached hydrogens (tertiary/aromatic N) is 2. The van der Waals surface area contributed by atoms with E-state index in [1.54, 1.807) is 4.68 Å². The number of amides is 1. The van der Waals surface area contributed by atoms with E-state index in [4.69, 9.17) is 4.74 Å². The number of carboxylic acids is 1. The molecule has 0 radical (unpaired) electrons. The molecule has 2 heterocycles. The van der Waals surface area contributed by atoms with Crippen molar-refractivity contribution in [3.63, 3.8) is 0 Å². The minimum atomic E-state index is -1.37. The lowest BCUT2D eigenvalue weighted by Crippen LogP contribution is -2.34. The van der Waals surface area contributed by atoms with E-state index in [0.717, 1.165) is 37.6 Å². The van der Waals surface area contributed by atoms with Crippen molar-refractivity contribution in [2.24, 2.45) is 0 Å². The second kappa shape index (κ2) is 6.92. The van der Waals surface area contributed by atoms with Crippen molar-refractivity contribution in [2.75, 3.05) is 7.11 Å². The topological polar surface area (TPSA) is 93.5 Å². The Morgan fingerprint density at radius 1 is 1.40 bits per heavy atom. The fourth-order valence-corrected chi connectivity index (χ4v) is 2.97. The molecule has 0 fully saturated rings. The van der Waals surface area contributed by atoms with Crippen LogP contribution < -0.4 is 10.1 Å². The van der Waals surface area contributed by atoms with Crippen molar-refractivity contribution in [3.8, 4) is 5.75 Å². The average molecular weight is 347 g/mol. The van der Waals surface area contributed by atoms with Crippen molar-refractivity contribution in [1.82, 2.24) is 15.1 Å². The third-order valence-corrected chi connectivity index (χ3v) is 4.26. The summed E-state index contributed by atoms with van der Waals surface area (Å²) in [6, 6.07) is 2.42. The highest BCUT2D eigenvalue weighted by molar-refractivity contribution is 5.97. The molecule has 0 bridgehead atoms. The van der Waals surface area contributed by atoms with Crippen molar-refractivity contribution < 1.29 is 23.8 Å². The molecule has 8 heteroatoms. The number of benzene rings is 1. The molecule has 1 atom stereocenters. The normalized spacial score (nSPS) is 14.5.